The first kappa shape index (κ1) is 23.8. The first-order chi connectivity index (χ1) is 16.0. The van der Waals surface area contributed by atoms with Crippen molar-refractivity contribution >= 4 is 17.6 Å². The van der Waals surface area contributed by atoms with E-state index in [1.54, 1.807) is 26.2 Å². The molecule has 3 amide bonds. The fourth-order valence-corrected chi connectivity index (χ4v) is 3.11. The summed E-state index contributed by atoms with van der Waals surface area (Å²) in [5, 5.41) is 12.2. The van der Waals surface area contributed by atoms with E-state index in [-0.39, 0.29) is 5.91 Å². The van der Waals surface area contributed by atoms with Gasteiger partial charge in [0.2, 0.25) is 17.6 Å². The van der Waals surface area contributed by atoms with Crippen molar-refractivity contribution in [2.24, 2.45) is 0 Å². The number of amides is 3. The van der Waals surface area contributed by atoms with E-state index in [0.717, 1.165) is 30.6 Å². The lowest BCUT2D eigenvalue weighted by atomic mass is 10.2. The lowest BCUT2D eigenvalue weighted by molar-refractivity contribution is -0.122. The number of hydrogen-bond acceptors (Lipinski definition) is 6. The molecule has 0 radical (unpaired) electrons. The summed E-state index contributed by atoms with van der Waals surface area (Å²) in [6.45, 7) is 2.18. The van der Waals surface area contributed by atoms with Crippen LogP contribution in [-0.4, -0.2) is 41.8 Å². The highest BCUT2D eigenvalue weighted by atomic mass is 16.5. The predicted molar refractivity (Wildman–Crippen MR) is 125 cm³/mol. The molecule has 2 aromatic carbocycles. The zero-order chi connectivity index (χ0) is 23.5. The van der Waals surface area contributed by atoms with Gasteiger partial charge in [0.15, 0.2) is 0 Å². The number of nitrogens with zero attached hydrogens (tertiary/aromatic N) is 2. The lowest BCUT2D eigenvalue weighted by Gasteiger charge is -2.14. The largest absolute Gasteiger partial charge is 0.497 e. The van der Waals surface area contributed by atoms with Gasteiger partial charge in [-0.2, -0.15) is 4.98 Å². The van der Waals surface area contributed by atoms with Gasteiger partial charge in [-0.25, -0.2) is 4.79 Å². The summed E-state index contributed by atoms with van der Waals surface area (Å²) in [5.41, 5.74) is 1.54. The lowest BCUT2D eigenvalue weighted by Crippen LogP contribution is -2.46. The standard InChI is InChI=1S/C24H29N5O4/c1-17(26-24(31)27-19-9-5-3-6-10-19)23(30)25-16-8-4-7-11-21-28-22(29-33-21)18-12-14-20(32-2)15-13-18/h3,5-6,9-10,12-15,17H,4,7-8,11,16H2,1-2H3,(H,25,30)(H2,26,27,31)/t17-/m1/s1. The second kappa shape index (κ2) is 12.2. The molecule has 1 aromatic heterocycles. The van der Waals surface area contributed by atoms with Crippen LogP contribution < -0.4 is 20.7 Å². The first-order valence-electron chi connectivity index (χ1n) is 10.9. The number of carbonyl (C=O) groups is 2. The highest BCUT2D eigenvalue weighted by molar-refractivity contribution is 5.93. The number of rotatable bonds is 11. The Labute approximate surface area is 192 Å². The molecular formula is C24H29N5O4. The molecular weight excluding hydrogens is 422 g/mol. The molecule has 33 heavy (non-hydrogen) atoms. The fraction of sp³-hybridized carbons (Fsp3) is 0.333. The van der Waals surface area contributed by atoms with Crippen molar-refractivity contribution in [3.8, 4) is 17.1 Å². The molecule has 0 bridgehead atoms. The van der Waals surface area contributed by atoms with Crippen LogP contribution in [0, 0.1) is 0 Å². The van der Waals surface area contributed by atoms with Gasteiger partial charge < -0.3 is 25.2 Å². The maximum atomic E-state index is 12.2. The number of methoxy groups -OCH3 is 1. The normalized spacial score (nSPS) is 11.5. The number of nitrogens with one attached hydrogen (secondary N) is 3. The second-order valence-corrected chi connectivity index (χ2v) is 7.53. The van der Waals surface area contributed by atoms with E-state index in [1.807, 2.05) is 42.5 Å². The molecule has 3 N–H and O–H groups in total. The second-order valence-electron chi connectivity index (χ2n) is 7.53. The monoisotopic (exact) mass is 451 g/mol. The summed E-state index contributed by atoms with van der Waals surface area (Å²) >= 11 is 0. The molecule has 0 spiro atoms. The van der Waals surface area contributed by atoms with Gasteiger partial charge >= 0.3 is 6.03 Å². The Morgan fingerprint density at radius 1 is 1.03 bits per heavy atom. The van der Waals surface area contributed by atoms with Crippen molar-refractivity contribution in [3.05, 3.63) is 60.5 Å². The van der Waals surface area contributed by atoms with E-state index in [4.69, 9.17) is 9.26 Å². The summed E-state index contributed by atoms with van der Waals surface area (Å²) in [4.78, 5) is 28.6. The Bertz CT molecular complexity index is 1020. The van der Waals surface area contributed by atoms with Crippen LogP contribution in [0.3, 0.4) is 0 Å². The van der Waals surface area contributed by atoms with E-state index in [1.165, 1.54) is 0 Å². The predicted octanol–water partition coefficient (Wildman–Crippen LogP) is 3.78. The summed E-state index contributed by atoms with van der Waals surface area (Å²) < 4.78 is 10.5. The molecule has 0 fully saturated rings. The molecule has 174 valence electrons. The topological polar surface area (TPSA) is 118 Å². The van der Waals surface area contributed by atoms with Crippen molar-refractivity contribution < 1.29 is 18.8 Å². The van der Waals surface area contributed by atoms with Crippen molar-refractivity contribution in [2.45, 2.75) is 38.6 Å². The van der Waals surface area contributed by atoms with Crippen LogP contribution in [0.1, 0.15) is 32.1 Å². The van der Waals surface area contributed by atoms with Gasteiger partial charge in [0.05, 0.1) is 7.11 Å². The van der Waals surface area contributed by atoms with Gasteiger partial charge in [0.25, 0.3) is 0 Å². The minimum absolute atomic E-state index is 0.223. The van der Waals surface area contributed by atoms with E-state index in [9.17, 15) is 9.59 Å². The number of benzene rings is 2. The van der Waals surface area contributed by atoms with Crippen LogP contribution in [0.5, 0.6) is 5.75 Å². The molecule has 0 aliphatic heterocycles. The molecule has 9 nitrogen and oxygen atoms in total. The number of para-hydroxylation sites is 1. The Hall–Kier alpha value is -3.88. The minimum Gasteiger partial charge on any atom is -0.497 e. The van der Waals surface area contributed by atoms with Crippen LogP contribution in [0.15, 0.2) is 59.1 Å². The molecule has 0 unspecified atom stereocenters. The highest BCUT2D eigenvalue weighted by Crippen LogP contribution is 2.20. The van der Waals surface area contributed by atoms with E-state index in [0.29, 0.717) is 30.4 Å². The number of anilines is 1. The smallest absolute Gasteiger partial charge is 0.319 e. The first-order valence-corrected chi connectivity index (χ1v) is 10.9. The summed E-state index contributed by atoms with van der Waals surface area (Å²) in [6.07, 6.45) is 3.26. The third-order valence-electron chi connectivity index (χ3n) is 4.96. The zero-order valence-electron chi connectivity index (χ0n) is 18.8. The number of carbonyl (C=O) groups excluding carboxylic acids is 2. The third-order valence-corrected chi connectivity index (χ3v) is 4.96. The van der Waals surface area contributed by atoms with Crippen molar-refractivity contribution in [2.75, 3.05) is 19.0 Å². The molecule has 1 atom stereocenters. The quantitative estimate of drug-likeness (QED) is 0.382. The molecule has 1 heterocycles. The molecule has 9 heteroatoms. The van der Waals surface area contributed by atoms with Gasteiger partial charge in [0.1, 0.15) is 11.8 Å². The van der Waals surface area contributed by atoms with Crippen molar-refractivity contribution in [1.82, 2.24) is 20.8 Å². The van der Waals surface area contributed by atoms with Crippen molar-refractivity contribution in [1.29, 1.82) is 0 Å². The summed E-state index contributed by atoms with van der Waals surface area (Å²) in [6, 6.07) is 15.5. The maximum Gasteiger partial charge on any atom is 0.319 e. The van der Waals surface area contributed by atoms with Gasteiger partial charge in [-0.3, -0.25) is 4.79 Å². The Kier molecular flexibility index (Phi) is 8.81. The van der Waals surface area contributed by atoms with Crippen LogP contribution in [0.4, 0.5) is 10.5 Å². The van der Waals surface area contributed by atoms with Gasteiger partial charge in [-0.1, -0.05) is 29.8 Å². The van der Waals surface area contributed by atoms with Gasteiger partial charge in [-0.05, 0) is 56.2 Å². The number of aromatic nitrogens is 2. The van der Waals surface area contributed by atoms with E-state index in [2.05, 4.69) is 26.1 Å². The molecule has 0 saturated carbocycles. The maximum absolute atomic E-state index is 12.2. The molecule has 0 aliphatic carbocycles. The Morgan fingerprint density at radius 2 is 1.79 bits per heavy atom. The number of ether oxygens (including phenoxy) is 1. The molecule has 3 aromatic rings. The molecule has 0 aliphatic rings. The Morgan fingerprint density at radius 3 is 2.52 bits per heavy atom. The fourth-order valence-electron chi connectivity index (χ4n) is 3.11. The van der Waals surface area contributed by atoms with E-state index < -0.39 is 12.1 Å². The van der Waals surface area contributed by atoms with Crippen LogP contribution in [-0.2, 0) is 11.2 Å². The van der Waals surface area contributed by atoms with Gasteiger partial charge in [-0.15, -0.1) is 0 Å². The summed E-state index contributed by atoms with van der Waals surface area (Å²) in [5.74, 6) is 1.69. The average molecular weight is 452 g/mol. The SMILES string of the molecule is COc1ccc(-c2noc(CCCCCNC(=O)[C@@H](C)NC(=O)Nc3ccccc3)n2)cc1. The third kappa shape index (κ3) is 7.64. The molecule has 3 rings (SSSR count). The highest BCUT2D eigenvalue weighted by Gasteiger charge is 2.15. The van der Waals surface area contributed by atoms with Crippen LogP contribution in [0.2, 0.25) is 0 Å². The zero-order valence-corrected chi connectivity index (χ0v) is 18.8. The minimum atomic E-state index is -0.636. The molecule has 0 saturated heterocycles. The number of unbranched alkanes of at least 4 members (excludes halogenated alkanes) is 2. The van der Waals surface area contributed by atoms with Crippen molar-refractivity contribution in [3.63, 3.8) is 0 Å². The number of aryl methyl sites for hydroxylation is 1. The number of urea groups is 1. The average Bonchev–Trinajstić information content (AvgIpc) is 3.30. The van der Waals surface area contributed by atoms with Gasteiger partial charge in [0, 0.05) is 24.2 Å². The Balaban J connectivity index is 1.29. The summed E-state index contributed by atoms with van der Waals surface area (Å²) in [7, 11) is 1.62. The number of hydrogen-bond donors (Lipinski definition) is 3. The van der Waals surface area contributed by atoms with E-state index >= 15 is 0 Å². The van der Waals surface area contributed by atoms with Crippen LogP contribution >= 0.6 is 0 Å². The van der Waals surface area contributed by atoms with Crippen LogP contribution in [0.25, 0.3) is 11.4 Å².